The maximum absolute atomic E-state index is 12.0. The molecular weight excluding hydrogens is 259 g/mol. The van der Waals surface area contributed by atoms with Crippen LogP contribution in [-0.2, 0) is 4.79 Å². The van der Waals surface area contributed by atoms with Gasteiger partial charge in [0.2, 0.25) is 5.91 Å². The molecule has 0 radical (unpaired) electrons. The monoisotopic (exact) mass is 281 g/mol. The minimum atomic E-state index is -4.36. The number of carbonyl (C=O) groups excluding carboxylic acids is 1. The van der Waals surface area contributed by atoms with Gasteiger partial charge in [-0.05, 0) is 45.7 Å². The van der Waals surface area contributed by atoms with E-state index in [0.717, 1.165) is 12.8 Å². The number of hydrogen-bond donors (Lipinski definition) is 2. The summed E-state index contributed by atoms with van der Waals surface area (Å²) in [7, 11) is 0. The van der Waals surface area contributed by atoms with Crippen molar-refractivity contribution in [2.24, 2.45) is 11.7 Å². The van der Waals surface area contributed by atoms with E-state index in [1.807, 2.05) is 17.1 Å². The molecule has 112 valence electrons. The first-order valence-corrected chi connectivity index (χ1v) is 6.55. The third-order valence-electron chi connectivity index (χ3n) is 3.71. The summed E-state index contributed by atoms with van der Waals surface area (Å²) in [4.78, 5) is 13.5. The number of carbonyl (C=O) groups is 1. The van der Waals surface area contributed by atoms with Crippen molar-refractivity contribution in [1.82, 2.24) is 10.2 Å². The van der Waals surface area contributed by atoms with Gasteiger partial charge in [-0.25, -0.2) is 0 Å². The Balaban J connectivity index is 2.38. The fraction of sp³-hybridized carbons (Fsp3) is 0.917. The first-order chi connectivity index (χ1) is 8.70. The standard InChI is InChI=1S/C12H22F3N3O/c1-8(16)10-3-5-18(6-4-10)9(2)11(19)17-7-12(13,14)15/h8-10H,3-7,16H2,1-2H3,(H,17,19). The second-order valence-electron chi connectivity index (χ2n) is 5.24. The van der Waals surface area contributed by atoms with Crippen LogP contribution in [0.4, 0.5) is 13.2 Å². The number of amides is 1. The lowest BCUT2D eigenvalue weighted by Gasteiger charge is -2.36. The lowest BCUT2D eigenvalue weighted by molar-refractivity contribution is -0.141. The molecule has 1 fully saturated rings. The van der Waals surface area contributed by atoms with Crippen molar-refractivity contribution < 1.29 is 18.0 Å². The molecule has 0 aliphatic carbocycles. The minimum Gasteiger partial charge on any atom is -0.346 e. The van der Waals surface area contributed by atoms with E-state index in [1.54, 1.807) is 6.92 Å². The fourth-order valence-electron chi connectivity index (χ4n) is 2.33. The SMILES string of the molecule is CC(N)C1CCN(C(C)C(=O)NCC(F)(F)F)CC1. The van der Waals surface area contributed by atoms with Crippen LogP contribution in [0.3, 0.4) is 0 Å². The Hall–Kier alpha value is -0.820. The van der Waals surface area contributed by atoms with E-state index in [0.29, 0.717) is 19.0 Å². The van der Waals surface area contributed by atoms with Gasteiger partial charge < -0.3 is 11.1 Å². The molecule has 0 spiro atoms. The molecule has 3 N–H and O–H groups in total. The summed E-state index contributed by atoms with van der Waals surface area (Å²) < 4.78 is 36.1. The first-order valence-electron chi connectivity index (χ1n) is 6.55. The van der Waals surface area contributed by atoms with Crippen molar-refractivity contribution in [3.05, 3.63) is 0 Å². The quantitative estimate of drug-likeness (QED) is 0.811. The Labute approximate surface area is 111 Å². The molecule has 1 rings (SSSR count). The molecule has 0 aromatic carbocycles. The number of alkyl halides is 3. The highest BCUT2D eigenvalue weighted by molar-refractivity contribution is 5.81. The fourth-order valence-corrected chi connectivity index (χ4v) is 2.33. The highest BCUT2D eigenvalue weighted by atomic mass is 19.4. The highest BCUT2D eigenvalue weighted by Crippen LogP contribution is 2.21. The van der Waals surface area contributed by atoms with Gasteiger partial charge in [0, 0.05) is 6.04 Å². The maximum atomic E-state index is 12.0. The third kappa shape index (κ3) is 5.36. The van der Waals surface area contributed by atoms with E-state index < -0.39 is 24.7 Å². The van der Waals surface area contributed by atoms with Crippen LogP contribution in [-0.4, -0.2) is 48.7 Å². The Morgan fingerprint density at radius 2 is 1.89 bits per heavy atom. The Bertz CT molecular complexity index is 299. The summed E-state index contributed by atoms with van der Waals surface area (Å²) in [5.74, 6) is -0.141. The van der Waals surface area contributed by atoms with Crippen molar-refractivity contribution in [3.63, 3.8) is 0 Å². The van der Waals surface area contributed by atoms with Crippen LogP contribution in [0.2, 0.25) is 0 Å². The molecule has 1 heterocycles. The number of nitrogens with zero attached hydrogens (tertiary/aromatic N) is 1. The van der Waals surface area contributed by atoms with E-state index in [-0.39, 0.29) is 6.04 Å². The molecule has 2 atom stereocenters. The number of nitrogens with one attached hydrogen (secondary N) is 1. The summed E-state index contributed by atoms with van der Waals surface area (Å²) >= 11 is 0. The summed E-state index contributed by atoms with van der Waals surface area (Å²) in [6, 6.07) is -0.409. The number of nitrogens with two attached hydrogens (primary N) is 1. The number of halogens is 3. The zero-order valence-electron chi connectivity index (χ0n) is 11.3. The predicted molar refractivity (Wildman–Crippen MR) is 66.5 cm³/mol. The summed E-state index contributed by atoms with van der Waals surface area (Å²) in [6.07, 6.45) is -2.60. The zero-order valence-corrected chi connectivity index (χ0v) is 11.3. The molecule has 0 aromatic rings. The van der Waals surface area contributed by atoms with Gasteiger partial charge in [-0.3, -0.25) is 9.69 Å². The molecular formula is C12H22F3N3O. The smallest absolute Gasteiger partial charge is 0.346 e. The zero-order chi connectivity index (χ0) is 14.6. The van der Waals surface area contributed by atoms with Gasteiger partial charge in [0.15, 0.2) is 0 Å². The molecule has 0 bridgehead atoms. The summed E-state index contributed by atoms with van der Waals surface area (Å²) in [5, 5.41) is 1.92. The van der Waals surface area contributed by atoms with Crippen LogP contribution in [0.1, 0.15) is 26.7 Å². The normalized spacial score (nSPS) is 22.0. The van der Waals surface area contributed by atoms with E-state index in [4.69, 9.17) is 5.73 Å². The van der Waals surface area contributed by atoms with Gasteiger partial charge in [0.05, 0.1) is 6.04 Å². The van der Waals surface area contributed by atoms with Gasteiger partial charge in [-0.2, -0.15) is 13.2 Å². The van der Waals surface area contributed by atoms with E-state index in [2.05, 4.69) is 0 Å². The van der Waals surface area contributed by atoms with Gasteiger partial charge >= 0.3 is 6.18 Å². The Kier molecular flexibility index (Phi) is 5.61. The van der Waals surface area contributed by atoms with Crippen molar-refractivity contribution in [2.45, 2.75) is 44.9 Å². The topological polar surface area (TPSA) is 58.4 Å². The molecule has 2 unspecified atom stereocenters. The third-order valence-corrected chi connectivity index (χ3v) is 3.71. The van der Waals surface area contributed by atoms with Crippen molar-refractivity contribution >= 4 is 5.91 Å². The van der Waals surface area contributed by atoms with Crippen LogP contribution in [0, 0.1) is 5.92 Å². The molecule has 0 saturated carbocycles. The van der Waals surface area contributed by atoms with Gasteiger partial charge in [0.1, 0.15) is 6.54 Å². The molecule has 7 heteroatoms. The highest BCUT2D eigenvalue weighted by Gasteiger charge is 2.31. The molecule has 1 aliphatic rings. The molecule has 1 aliphatic heterocycles. The number of piperidine rings is 1. The van der Waals surface area contributed by atoms with Crippen LogP contribution >= 0.6 is 0 Å². The lowest BCUT2D eigenvalue weighted by Crippen LogP contribution is -2.50. The van der Waals surface area contributed by atoms with Crippen molar-refractivity contribution in [1.29, 1.82) is 0 Å². The summed E-state index contributed by atoms with van der Waals surface area (Å²) in [5.41, 5.74) is 5.82. The molecule has 1 amide bonds. The van der Waals surface area contributed by atoms with E-state index in [1.165, 1.54) is 0 Å². The van der Waals surface area contributed by atoms with Crippen LogP contribution < -0.4 is 11.1 Å². The van der Waals surface area contributed by atoms with Crippen molar-refractivity contribution in [2.75, 3.05) is 19.6 Å². The second-order valence-corrected chi connectivity index (χ2v) is 5.24. The average molecular weight is 281 g/mol. The molecule has 4 nitrogen and oxygen atoms in total. The van der Waals surface area contributed by atoms with Gasteiger partial charge in [-0.1, -0.05) is 0 Å². The molecule has 0 aromatic heterocycles. The Morgan fingerprint density at radius 3 is 2.32 bits per heavy atom. The molecule has 1 saturated heterocycles. The Morgan fingerprint density at radius 1 is 1.37 bits per heavy atom. The van der Waals surface area contributed by atoms with E-state index in [9.17, 15) is 18.0 Å². The van der Waals surface area contributed by atoms with Gasteiger partial charge in [-0.15, -0.1) is 0 Å². The van der Waals surface area contributed by atoms with Crippen LogP contribution in [0.5, 0.6) is 0 Å². The largest absolute Gasteiger partial charge is 0.405 e. The predicted octanol–water partition coefficient (Wildman–Crippen LogP) is 1.11. The minimum absolute atomic E-state index is 0.122. The second kappa shape index (κ2) is 6.56. The maximum Gasteiger partial charge on any atom is 0.405 e. The number of hydrogen-bond acceptors (Lipinski definition) is 3. The lowest BCUT2D eigenvalue weighted by atomic mass is 9.90. The summed E-state index contributed by atoms with van der Waals surface area (Å²) in [6.45, 7) is 3.73. The average Bonchev–Trinajstić information content (AvgIpc) is 2.34. The number of rotatable bonds is 4. The van der Waals surface area contributed by atoms with Crippen LogP contribution in [0.25, 0.3) is 0 Å². The van der Waals surface area contributed by atoms with Crippen LogP contribution in [0.15, 0.2) is 0 Å². The first kappa shape index (κ1) is 16.2. The number of likely N-dealkylation sites (tertiary alicyclic amines) is 1. The molecule has 19 heavy (non-hydrogen) atoms. The van der Waals surface area contributed by atoms with Crippen molar-refractivity contribution in [3.8, 4) is 0 Å². The van der Waals surface area contributed by atoms with Gasteiger partial charge in [0.25, 0.3) is 0 Å². The van der Waals surface area contributed by atoms with E-state index >= 15 is 0 Å².